The molecular weight excluding hydrogens is 305 g/mol. The Hall–Kier alpha value is -1.66. The first-order chi connectivity index (χ1) is 9.56. The van der Waals surface area contributed by atoms with Gasteiger partial charge in [0.1, 0.15) is 0 Å². The van der Waals surface area contributed by atoms with Crippen molar-refractivity contribution in [1.29, 1.82) is 0 Å². The minimum Gasteiger partial charge on any atom is -0.416 e. The van der Waals surface area contributed by atoms with E-state index in [-0.39, 0.29) is 30.4 Å². The summed E-state index contributed by atoms with van der Waals surface area (Å²) in [4.78, 5) is 27.2. The van der Waals surface area contributed by atoms with Crippen molar-refractivity contribution in [2.24, 2.45) is 10.9 Å². The molecule has 0 spiro atoms. The molecule has 0 bridgehead atoms. The maximum Gasteiger partial charge on any atom is 2.00 e. The number of aromatic amines is 1. The summed E-state index contributed by atoms with van der Waals surface area (Å²) < 4.78 is 1.72. The fourth-order valence-electron chi connectivity index (χ4n) is 1.83. The summed E-state index contributed by atoms with van der Waals surface area (Å²) in [6.07, 6.45) is 8.57. The SMILES string of the molecule is CC(=O)C(CC(C)C)N=c1c[c-]nc(-n2ccnc2)[nH]1.[V+2]. The zero-order chi connectivity index (χ0) is 14.5. The van der Waals surface area contributed by atoms with Gasteiger partial charge in [0, 0.05) is 17.9 Å². The maximum absolute atomic E-state index is 11.6. The number of Topliss-reactive ketones (excluding diaryl/α,β-unsaturated/α-hetero) is 1. The van der Waals surface area contributed by atoms with Crippen LogP contribution in [-0.4, -0.2) is 31.3 Å². The number of nitrogens with zero attached hydrogens (tertiary/aromatic N) is 4. The van der Waals surface area contributed by atoms with Gasteiger partial charge in [0.25, 0.3) is 0 Å². The second kappa shape index (κ2) is 7.95. The van der Waals surface area contributed by atoms with Gasteiger partial charge in [-0.2, -0.15) is 0 Å². The normalized spacial score (nSPS) is 13.0. The largest absolute Gasteiger partial charge is 2.00 e. The predicted molar refractivity (Wildman–Crippen MR) is 74.0 cm³/mol. The second-order valence-corrected chi connectivity index (χ2v) is 5.07. The number of aromatic nitrogens is 4. The van der Waals surface area contributed by atoms with Crippen LogP contribution < -0.4 is 5.49 Å². The molecule has 0 aromatic carbocycles. The quantitative estimate of drug-likeness (QED) is 0.843. The van der Waals surface area contributed by atoms with Crippen LogP contribution in [0.3, 0.4) is 0 Å². The van der Waals surface area contributed by atoms with Gasteiger partial charge in [0.15, 0.2) is 5.78 Å². The molecule has 0 saturated carbocycles. The molecule has 2 heterocycles. The number of rotatable bonds is 5. The number of imidazole rings is 1. The van der Waals surface area contributed by atoms with Gasteiger partial charge in [-0.3, -0.25) is 4.79 Å². The molecule has 2 aromatic rings. The molecule has 7 heteroatoms. The fourth-order valence-corrected chi connectivity index (χ4v) is 1.83. The summed E-state index contributed by atoms with van der Waals surface area (Å²) >= 11 is 0. The Labute approximate surface area is 135 Å². The summed E-state index contributed by atoms with van der Waals surface area (Å²) in [6.45, 7) is 5.72. The van der Waals surface area contributed by atoms with E-state index in [1.54, 1.807) is 36.3 Å². The number of hydrogen-bond acceptors (Lipinski definition) is 4. The van der Waals surface area contributed by atoms with Crippen LogP contribution in [0.2, 0.25) is 0 Å². The first-order valence-corrected chi connectivity index (χ1v) is 6.56. The smallest absolute Gasteiger partial charge is 0.416 e. The summed E-state index contributed by atoms with van der Waals surface area (Å²) in [5.41, 5.74) is 0.588. The Morgan fingerprint density at radius 2 is 2.29 bits per heavy atom. The monoisotopic (exact) mass is 323 g/mol. The molecule has 0 fully saturated rings. The van der Waals surface area contributed by atoms with Crippen molar-refractivity contribution in [3.05, 3.63) is 36.5 Å². The van der Waals surface area contributed by atoms with E-state index in [1.165, 1.54) is 0 Å². The van der Waals surface area contributed by atoms with E-state index in [4.69, 9.17) is 0 Å². The molecule has 6 nitrogen and oxygen atoms in total. The molecule has 1 unspecified atom stereocenters. The van der Waals surface area contributed by atoms with E-state index in [9.17, 15) is 4.79 Å². The topological polar surface area (TPSA) is 75.9 Å². The van der Waals surface area contributed by atoms with E-state index in [1.807, 2.05) is 0 Å². The molecule has 0 amide bonds. The molecule has 0 aliphatic carbocycles. The number of nitrogens with one attached hydrogen (secondary N) is 1. The Morgan fingerprint density at radius 1 is 1.52 bits per heavy atom. The van der Waals surface area contributed by atoms with Crippen molar-refractivity contribution in [2.75, 3.05) is 0 Å². The average molecular weight is 323 g/mol. The molecule has 0 aliphatic heterocycles. The maximum atomic E-state index is 11.6. The molecule has 0 aliphatic rings. The van der Waals surface area contributed by atoms with Gasteiger partial charge in [-0.15, -0.1) is 6.07 Å². The molecular formula is C14H18N5OV+. The predicted octanol–water partition coefficient (Wildman–Crippen LogP) is 1.30. The van der Waals surface area contributed by atoms with Gasteiger partial charge in [-0.25, -0.2) is 4.98 Å². The van der Waals surface area contributed by atoms with Crippen LogP contribution in [0.4, 0.5) is 0 Å². The van der Waals surface area contributed by atoms with E-state index in [0.29, 0.717) is 17.4 Å². The van der Waals surface area contributed by atoms with Gasteiger partial charge >= 0.3 is 18.6 Å². The number of H-pyrrole nitrogens is 1. The van der Waals surface area contributed by atoms with Crippen molar-refractivity contribution < 1.29 is 23.4 Å². The van der Waals surface area contributed by atoms with Crippen LogP contribution in [0.15, 0.2) is 29.8 Å². The molecule has 1 radical (unpaired) electrons. The summed E-state index contributed by atoms with van der Waals surface area (Å²) in [5, 5.41) is 0. The number of carbonyl (C=O) groups is 1. The second-order valence-electron chi connectivity index (χ2n) is 5.07. The third-order valence-electron chi connectivity index (χ3n) is 2.82. The zero-order valence-electron chi connectivity index (χ0n) is 12.3. The Kier molecular flexibility index (Phi) is 6.59. The number of ketones is 1. The van der Waals surface area contributed by atoms with Crippen LogP contribution in [0.5, 0.6) is 0 Å². The molecule has 109 valence electrons. The number of hydrogen-bond donors (Lipinski definition) is 1. The summed E-state index contributed by atoms with van der Waals surface area (Å²) in [6, 6.07) is 1.30. The van der Waals surface area contributed by atoms with Crippen LogP contribution >= 0.6 is 0 Å². The first kappa shape index (κ1) is 17.4. The van der Waals surface area contributed by atoms with Crippen molar-refractivity contribution >= 4 is 5.78 Å². The van der Waals surface area contributed by atoms with Crippen LogP contribution in [-0.2, 0) is 23.4 Å². The van der Waals surface area contributed by atoms with Crippen molar-refractivity contribution in [3.63, 3.8) is 0 Å². The van der Waals surface area contributed by atoms with Crippen molar-refractivity contribution in [2.45, 2.75) is 33.2 Å². The van der Waals surface area contributed by atoms with E-state index < -0.39 is 0 Å². The Balaban J connectivity index is 0.00000220. The van der Waals surface area contributed by atoms with Gasteiger partial charge in [-0.05, 0) is 19.3 Å². The third kappa shape index (κ3) is 4.99. The summed E-state index contributed by atoms with van der Waals surface area (Å²) in [7, 11) is 0. The van der Waals surface area contributed by atoms with E-state index in [2.05, 4.69) is 40.0 Å². The zero-order valence-corrected chi connectivity index (χ0v) is 13.7. The molecule has 2 aromatic heterocycles. The molecule has 1 atom stereocenters. The first-order valence-electron chi connectivity index (χ1n) is 6.56. The van der Waals surface area contributed by atoms with Gasteiger partial charge in [-0.1, -0.05) is 20.0 Å². The molecule has 0 saturated heterocycles. The van der Waals surface area contributed by atoms with Crippen molar-refractivity contribution in [1.82, 2.24) is 19.5 Å². The van der Waals surface area contributed by atoms with E-state index >= 15 is 0 Å². The fraction of sp³-hybridized carbons (Fsp3) is 0.429. The van der Waals surface area contributed by atoms with E-state index in [0.717, 1.165) is 6.42 Å². The average Bonchev–Trinajstić information content (AvgIpc) is 2.91. The van der Waals surface area contributed by atoms with Gasteiger partial charge < -0.3 is 19.5 Å². The molecule has 1 N–H and O–H groups in total. The van der Waals surface area contributed by atoms with Crippen LogP contribution in [0.1, 0.15) is 27.2 Å². The minimum absolute atomic E-state index is 0. The Morgan fingerprint density at radius 3 is 2.86 bits per heavy atom. The minimum atomic E-state index is -0.335. The standard InChI is InChI=1S/C14H18N5O.V/c1-10(2)8-12(11(3)20)17-13-4-5-16-14(18-13)19-7-6-15-9-19;/h4,6-7,9-10,12H,8H2,1-3H3,(H,16,17,18);/q-1;+2. The molecule has 2 rings (SSSR count). The number of carbonyl (C=O) groups excluding carboxylic acids is 1. The van der Waals surface area contributed by atoms with Crippen LogP contribution in [0, 0.1) is 12.1 Å². The Bertz CT molecular complexity index is 633. The van der Waals surface area contributed by atoms with Crippen LogP contribution in [0.25, 0.3) is 5.95 Å². The van der Waals surface area contributed by atoms with Crippen molar-refractivity contribution in [3.8, 4) is 5.95 Å². The molecule has 21 heavy (non-hydrogen) atoms. The third-order valence-corrected chi connectivity index (χ3v) is 2.82. The van der Waals surface area contributed by atoms with Gasteiger partial charge in [0.05, 0.1) is 18.3 Å². The summed E-state index contributed by atoms with van der Waals surface area (Å²) in [5.74, 6) is 1.04. The van der Waals surface area contributed by atoms with Gasteiger partial charge in [0.2, 0.25) is 0 Å².